The molecule has 0 spiro atoms. The first-order chi connectivity index (χ1) is 12.2. The number of unbranched alkanes of at least 4 members (excludes halogenated alkanes) is 2. The first-order valence-corrected chi connectivity index (χ1v) is 10.8. The van der Waals surface area contributed by atoms with Gasteiger partial charge >= 0.3 is 5.97 Å². The van der Waals surface area contributed by atoms with Crippen molar-refractivity contribution < 1.29 is 13.7 Å². The van der Waals surface area contributed by atoms with Gasteiger partial charge in [-0.1, -0.05) is 36.6 Å². The van der Waals surface area contributed by atoms with Crippen LogP contribution in [0.3, 0.4) is 0 Å². The molecule has 0 radical (unpaired) electrons. The Labute approximate surface area is 161 Å². The monoisotopic (exact) mass is 378 g/mol. The molecule has 1 rings (SSSR count). The summed E-state index contributed by atoms with van der Waals surface area (Å²) in [6.07, 6.45) is 5.90. The average molecular weight is 379 g/mol. The van der Waals surface area contributed by atoms with E-state index in [0.717, 1.165) is 43.4 Å². The Kier molecular flexibility index (Phi) is 9.85. The largest absolute Gasteiger partial charge is 0.465 e. The molecule has 0 saturated heterocycles. The number of carbonyl (C=O) groups is 1. The zero-order valence-electron chi connectivity index (χ0n) is 17.0. The maximum absolute atomic E-state index is 12.6. The van der Waals surface area contributed by atoms with Crippen molar-refractivity contribution in [2.75, 3.05) is 6.61 Å². The van der Waals surface area contributed by atoms with Crippen molar-refractivity contribution in [2.24, 2.45) is 5.41 Å². The van der Waals surface area contributed by atoms with E-state index in [1.54, 1.807) is 0 Å². The van der Waals surface area contributed by atoms with Crippen LogP contribution < -0.4 is 0 Å². The molecule has 0 bridgehead atoms. The Hall–Kier alpha value is -1.42. The minimum Gasteiger partial charge on any atom is -0.465 e. The highest BCUT2D eigenvalue weighted by Crippen LogP contribution is 2.20. The number of esters is 1. The molecule has 0 saturated carbocycles. The van der Waals surface area contributed by atoms with Crippen molar-refractivity contribution in [3.8, 4) is 0 Å². The number of allylic oxidation sites excluding steroid dienone is 1. The highest BCUT2D eigenvalue weighted by atomic mass is 32.2. The maximum atomic E-state index is 12.6. The molecule has 0 N–H and O–H groups in total. The lowest BCUT2D eigenvalue weighted by atomic mass is 9.97. The standard InChI is InChI=1S/C22H34O3S/c1-6-7-10-19(11-8-9-16-25-21(23)22(3,4)5)17-26(24)20-14-12-18(2)13-15-20/h12-15,17H,6-11,16H2,1-5H3/b19-17+/t26-/m1/s1. The lowest BCUT2D eigenvalue weighted by Gasteiger charge is -2.16. The Morgan fingerprint density at radius 2 is 1.69 bits per heavy atom. The fourth-order valence-corrected chi connectivity index (χ4v) is 3.45. The summed E-state index contributed by atoms with van der Waals surface area (Å²) in [5.74, 6) is -0.153. The molecule has 1 atom stereocenters. The van der Waals surface area contributed by atoms with Gasteiger partial charge in [0.05, 0.1) is 22.8 Å². The molecule has 0 aromatic heterocycles. The Balaban J connectivity index is 2.54. The van der Waals surface area contributed by atoms with Gasteiger partial charge < -0.3 is 4.74 Å². The maximum Gasteiger partial charge on any atom is 0.311 e. The SMILES string of the molecule is CCCC/C(=C\[S@@](=O)c1ccc(C)cc1)CCCCOC(=O)C(C)(C)C. The molecule has 1 aromatic rings. The summed E-state index contributed by atoms with van der Waals surface area (Å²) in [6.45, 7) is 10.2. The van der Waals surface area contributed by atoms with Gasteiger partial charge in [-0.15, -0.1) is 0 Å². The number of aryl methyl sites for hydroxylation is 1. The molecule has 0 aliphatic rings. The van der Waals surface area contributed by atoms with E-state index < -0.39 is 16.2 Å². The van der Waals surface area contributed by atoms with Crippen LogP contribution in [0.25, 0.3) is 0 Å². The summed E-state index contributed by atoms with van der Waals surface area (Å²) in [6, 6.07) is 7.86. The van der Waals surface area contributed by atoms with Crippen molar-refractivity contribution in [2.45, 2.75) is 78.0 Å². The van der Waals surface area contributed by atoms with Gasteiger partial charge in [0.15, 0.2) is 0 Å². The van der Waals surface area contributed by atoms with E-state index in [-0.39, 0.29) is 5.97 Å². The molecular formula is C22H34O3S. The fraction of sp³-hybridized carbons (Fsp3) is 0.591. The normalized spacial score (nSPS) is 13.5. The molecule has 26 heavy (non-hydrogen) atoms. The Morgan fingerprint density at radius 1 is 1.08 bits per heavy atom. The van der Waals surface area contributed by atoms with Crippen LogP contribution in [0, 0.1) is 12.3 Å². The quantitative estimate of drug-likeness (QED) is 0.374. The van der Waals surface area contributed by atoms with Gasteiger partial charge in [-0.05, 0) is 71.9 Å². The minimum absolute atomic E-state index is 0.153. The smallest absolute Gasteiger partial charge is 0.311 e. The third kappa shape index (κ3) is 8.79. The first-order valence-electron chi connectivity index (χ1n) is 9.58. The summed E-state index contributed by atoms with van der Waals surface area (Å²) in [5, 5.41) is 1.92. The van der Waals surface area contributed by atoms with E-state index in [4.69, 9.17) is 4.74 Å². The van der Waals surface area contributed by atoms with Crippen molar-refractivity contribution in [3.05, 3.63) is 40.8 Å². The predicted octanol–water partition coefficient (Wildman–Crippen LogP) is 5.94. The topological polar surface area (TPSA) is 43.4 Å². The molecule has 0 fully saturated rings. The van der Waals surface area contributed by atoms with Crippen molar-refractivity contribution >= 4 is 16.8 Å². The van der Waals surface area contributed by atoms with E-state index >= 15 is 0 Å². The van der Waals surface area contributed by atoms with Crippen LogP contribution in [0.4, 0.5) is 0 Å². The lowest BCUT2D eigenvalue weighted by Crippen LogP contribution is -2.23. The zero-order valence-corrected chi connectivity index (χ0v) is 17.8. The van der Waals surface area contributed by atoms with Crippen LogP contribution in [-0.4, -0.2) is 16.8 Å². The second-order valence-corrected chi connectivity index (χ2v) is 9.14. The highest BCUT2D eigenvalue weighted by Gasteiger charge is 2.22. The van der Waals surface area contributed by atoms with E-state index in [1.807, 2.05) is 57.4 Å². The third-order valence-corrected chi connectivity index (χ3v) is 5.40. The first kappa shape index (κ1) is 22.6. The predicted molar refractivity (Wildman–Crippen MR) is 109 cm³/mol. The van der Waals surface area contributed by atoms with E-state index in [9.17, 15) is 9.00 Å². The molecule has 0 heterocycles. The van der Waals surface area contributed by atoms with Crippen LogP contribution >= 0.6 is 0 Å². The van der Waals surface area contributed by atoms with Crippen LogP contribution in [0.1, 0.15) is 71.8 Å². The number of hydrogen-bond donors (Lipinski definition) is 0. The number of carbonyl (C=O) groups excluding carboxylic acids is 1. The highest BCUT2D eigenvalue weighted by molar-refractivity contribution is 7.88. The fourth-order valence-electron chi connectivity index (χ4n) is 2.37. The van der Waals surface area contributed by atoms with Gasteiger partial charge in [0.25, 0.3) is 0 Å². The van der Waals surface area contributed by atoms with Gasteiger partial charge in [0, 0.05) is 10.3 Å². The van der Waals surface area contributed by atoms with Gasteiger partial charge in [-0.25, -0.2) is 4.21 Å². The summed E-state index contributed by atoms with van der Waals surface area (Å²) in [5.41, 5.74) is 1.97. The van der Waals surface area contributed by atoms with Gasteiger partial charge in [0.2, 0.25) is 0 Å². The third-order valence-electron chi connectivity index (χ3n) is 4.12. The van der Waals surface area contributed by atoms with Crippen LogP contribution in [0.15, 0.2) is 40.1 Å². The lowest BCUT2D eigenvalue weighted by molar-refractivity contribution is -0.153. The summed E-state index contributed by atoms with van der Waals surface area (Å²) < 4.78 is 17.9. The van der Waals surface area contributed by atoms with Gasteiger partial charge in [0.1, 0.15) is 0 Å². The molecule has 3 nitrogen and oxygen atoms in total. The Morgan fingerprint density at radius 3 is 2.27 bits per heavy atom. The summed E-state index contributed by atoms with van der Waals surface area (Å²) in [4.78, 5) is 12.6. The number of hydrogen-bond acceptors (Lipinski definition) is 3. The number of benzene rings is 1. The van der Waals surface area contributed by atoms with Crippen molar-refractivity contribution in [3.63, 3.8) is 0 Å². The van der Waals surface area contributed by atoms with Gasteiger partial charge in [-0.3, -0.25) is 4.79 Å². The van der Waals surface area contributed by atoms with E-state index in [2.05, 4.69) is 6.92 Å². The van der Waals surface area contributed by atoms with Crippen LogP contribution in [0.5, 0.6) is 0 Å². The number of rotatable bonds is 10. The van der Waals surface area contributed by atoms with Gasteiger partial charge in [-0.2, -0.15) is 0 Å². The molecule has 0 aliphatic heterocycles. The second-order valence-electron chi connectivity index (χ2n) is 7.83. The second kappa shape index (κ2) is 11.3. The number of ether oxygens (including phenoxy) is 1. The van der Waals surface area contributed by atoms with E-state index in [1.165, 1.54) is 11.1 Å². The summed E-state index contributed by atoms with van der Waals surface area (Å²) in [7, 11) is -1.10. The molecule has 0 unspecified atom stereocenters. The molecular weight excluding hydrogens is 344 g/mol. The molecule has 0 aliphatic carbocycles. The Bertz CT molecular complexity index is 609. The molecule has 0 amide bonds. The molecule has 4 heteroatoms. The summed E-state index contributed by atoms with van der Waals surface area (Å²) >= 11 is 0. The van der Waals surface area contributed by atoms with Crippen LogP contribution in [-0.2, 0) is 20.3 Å². The molecule has 1 aromatic carbocycles. The van der Waals surface area contributed by atoms with E-state index in [0.29, 0.717) is 6.61 Å². The van der Waals surface area contributed by atoms with Crippen LogP contribution in [0.2, 0.25) is 0 Å². The zero-order chi connectivity index (χ0) is 19.6. The average Bonchev–Trinajstić information content (AvgIpc) is 2.58. The minimum atomic E-state index is -1.10. The van der Waals surface area contributed by atoms with Crippen molar-refractivity contribution in [1.82, 2.24) is 0 Å². The van der Waals surface area contributed by atoms with Crippen molar-refractivity contribution in [1.29, 1.82) is 0 Å². The molecule has 146 valence electrons.